The van der Waals surface area contributed by atoms with Crippen molar-refractivity contribution in [2.75, 3.05) is 13.7 Å². The quantitative estimate of drug-likeness (QED) is 0.531. The molecule has 0 unspecified atom stereocenters. The van der Waals surface area contributed by atoms with Gasteiger partial charge in [0.15, 0.2) is 0 Å². The lowest BCUT2D eigenvalue weighted by Gasteiger charge is -2.01. The summed E-state index contributed by atoms with van der Waals surface area (Å²) < 4.78 is 4.81. The van der Waals surface area contributed by atoms with Gasteiger partial charge in [0.05, 0.1) is 0 Å². The van der Waals surface area contributed by atoms with E-state index >= 15 is 0 Å². The average Bonchev–Trinajstić information content (AvgIpc) is 2.10. The van der Waals surface area contributed by atoms with E-state index in [1.165, 1.54) is 6.92 Å². The first-order valence-corrected chi connectivity index (χ1v) is 4.21. The molecule has 3 nitrogen and oxygen atoms in total. The van der Waals surface area contributed by atoms with E-state index < -0.39 is 0 Å². The van der Waals surface area contributed by atoms with E-state index in [9.17, 15) is 4.79 Å². The van der Waals surface area contributed by atoms with E-state index in [2.05, 4.69) is 5.32 Å². The van der Waals surface area contributed by atoms with Crippen LogP contribution in [0.5, 0.6) is 0 Å². The number of ether oxygens (including phenoxy) is 1. The van der Waals surface area contributed by atoms with Gasteiger partial charge < -0.3 is 10.1 Å². The molecule has 13 heavy (non-hydrogen) atoms. The number of hydrogen-bond donors (Lipinski definition) is 1. The number of allylic oxidation sites excluding steroid dienone is 3. The number of esters is 1. The average molecular weight is 183 g/mol. The minimum Gasteiger partial charge on any atom is -0.461 e. The van der Waals surface area contributed by atoms with Crippen LogP contribution in [0.4, 0.5) is 0 Å². The van der Waals surface area contributed by atoms with Crippen molar-refractivity contribution < 1.29 is 9.53 Å². The SMILES string of the molecule is CN/C(C)=C/C=C(\C)COC(C)=O. The van der Waals surface area contributed by atoms with E-state index in [1.807, 2.05) is 33.0 Å². The topological polar surface area (TPSA) is 38.3 Å². The first-order valence-electron chi connectivity index (χ1n) is 4.21. The molecule has 74 valence electrons. The summed E-state index contributed by atoms with van der Waals surface area (Å²) in [5, 5.41) is 2.99. The molecule has 0 fully saturated rings. The number of hydrogen-bond acceptors (Lipinski definition) is 3. The Labute approximate surface area is 79.5 Å². The molecule has 0 spiro atoms. The minimum atomic E-state index is -0.248. The van der Waals surface area contributed by atoms with Crippen LogP contribution in [-0.2, 0) is 9.53 Å². The first-order chi connectivity index (χ1) is 6.06. The van der Waals surface area contributed by atoms with Crippen molar-refractivity contribution >= 4 is 5.97 Å². The normalized spacial score (nSPS) is 12.6. The van der Waals surface area contributed by atoms with E-state index in [1.54, 1.807) is 0 Å². The van der Waals surface area contributed by atoms with Gasteiger partial charge in [-0.2, -0.15) is 0 Å². The molecular weight excluding hydrogens is 166 g/mol. The van der Waals surface area contributed by atoms with Crippen LogP contribution in [0.1, 0.15) is 20.8 Å². The fourth-order valence-corrected chi connectivity index (χ4v) is 0.614. The molecule has 0 aromatic carbocycles. The van der Waals surface area contributed by atoms with E-state index in [0.717, 1.165) is 11.3 Å². The summed E-state index contributed by atoms with van der Waals surface area (Å²) in [4.78, 5) is 10.5. The molecule has 0 bridgehead atoms. The van der Waals surface area contributed by atoms with Crippen molar-refractivity contribution in [3.8, 4) is 0 Å². The van der Waals surface area contributed by atoms with Gasteiger partial charge in [0.25, 0.3) is 0 Å². The first kappa shape index (κ1) is 11.8. The Hall–Kier alpha value is -1.25. The third kappa shape index (κ3) is 7.12. The molecule has 0 heterocycles. The standard InChI is InChI=1S/C10H17NO2/c1-8(7-13-10(3)12)5-6-9(2)11-4/h5-6,11H,7H2,1-4H3/b8-5+,9-6+. The summed E-state index contributed by atoms with van der Waals surface area (Å²) in [6.07, 6.45) is 3.87. The van der Waals surface area contributed by atoms with E-state index in [4.69, 9.17) is 4.74 Å². The van der Waals surface area contributed by atoms with Gasteiger partial charge in [-0.15, -0.1) is 0 Å². The molecule has 0 radical (unpaired) electrons. The number of carbonyl (C=O) groups is 1. The van der Waals surface area contributed by atoms with Gasteiger partial charge in [0.1, 0.15) is 6.61 Å². The third-order valence-electron chi connectivity index (χ3n) is 1.52. The molecule has 3 heteroatoms. The van der Waals surface area contributed by atoms with Crippen molar-refractivity contribution in [2.45, 2.75) is 20.8 Å². The Morgan fingerprint density at radius 1 is 1.31 bits per heavy atom. The van der Waals surface area contributed by atoms with E-state index in [0.29, 0.717) is 6.61 Å². The highest BCUT2D eigenvalue weighted by molar-refractivity contribution is 5.66. The Kier molecular flexibility index (Phi) is 5.68. The lowest BCUT2D eigenvalue weighted by Crippen LogP contribution is -2.02. The molecule has 0 saturated carbocycles. The zero-order chi connectivity index (χ0) is 10.3. The molecule has 0 aromatic rings. The van der Waals surface area contributed by atoms with Gasteiger partial charge in [-0.1, -0.05) is 6.08 Å². The molecule has 0 rings (SSSR count). The zero-order valence-electron chi connectivity index (χ0n) is 8.68. The molecular formula is C10H17NO2. The van der Waals surface area contributed by atoms with Crippen molar-refractivity contribution in [2.24, 2.45) is 0 Å². The molecule has 1 N–H and O–H groups in total. The van der Waals surface area contributed by atoms with Gasteiger partial charge in [0.2, 0.25) is 0 Å². The van der Waals surface area contributed by atoms with Crippen LogP contribution in [0.3, 0.4) is 0 Å². The van der Waals surface area contributed by atoms with Crippen LogP contribution in [-0.4, -0.2) is 19.6 Å². The maximum Gasteiger partial charge on any atom is 0.302 e. The molecule has 0 aromatic heterocycles. The Morgan fingerprint density at radius 3 is 2.38 bits per heavy atom. The van der Waals surface area contributed by atoms with Crippen LogP contribution < -0.4 is 5.32 Å². The predicted octanol–water partition coefficient (Wildman–Crippen LogP) is 1.62. The van der Waals surface area contributed by atoms with Gasteiger partial charge in [-0.25, -0.2) is 0 Å². The van der Waals surface area contributed by atoms with Crippen molar-refractivity contribution in [1.82, 2.24) is 5.32 Å². The Balaban J connectivity index is 3.95. The van der Waals surface area contributed by atoms with E-state index in [-0.39, 0.29) is 5.97 Å². The fourth-order valence-electron chi connectivity index (χ4n) is 0.614. The summed E-state index contributed by atoms with van der Waals surface area (Å²) in [5.74, 6) is -0.248. The molecule has 0 amide bonds. The maximum atomic E-state index is 10.5. The molecule has 0 aliphatic rings. The smallest absolute Gasteiger partial charge is 0.302 e. The van der Waals surface area contributed by atoms with Crippen LogP contribution in [0.15, 0.2) is 23.4 Å². The lowest BCUT2D eigenvalue weighted by atomic mass is 10.3. The van der Waals surface area contributed by atoms with Crippen LogP contribution in [0, 0.1) is 0 Å². The highest BCUT2D eigenvalue weighted by Crippen LogP contribution is 1.96. The Bertz CT molecular complexity index is 229. The van der Waals surface area contributed by atoms with Crippen molar-refractivity contribution in [3.63, 3.8) is 0 Å². The van der Waals surface area contributed by atoms with Gasteiger partial charge in [-0.05, 0) is 25.5 Å². The second-order valence-corrected chi connectivity index (χ2v) is 2.89. The maximum absolute atomic E-state index is 10.5. The minimum absolute atomic E-state index is 0.248. The van der Waals surface area contributed by atoms with Gasteiger partial charge in [0, 0.05) is 19.7 Å². The van der Waals surface area contributed by atoms with Crippen LogP contribution in [0.2, 0.25) is 0 Å². The largest absolute Gasteiger partial charge is 0.461 e. The second-order valence-electron chi connectivity index (χ2n) is 2.89. The highest BCUT2D eigenvalue weighted by Gasteiger charge is 1.92. The zero-order valence-corrected chi connectivity index (χ0v) is 8.68. The van der Waals surface area contributed by atoms with Crippen LogP contribution in [0.25, 0.3) is 0 Å². The molecule has 0 aliphatic heterocycles. The highest BCUT2D eigenvalue weighted by atomic mass is 16.5. The summed E-state index contributed by atoms with van der Waals surface area (Å²) in [7, 11) is 1.86. The fraction of sp³-hybridized carbons (Fsp3) is 0.500. The van der Waals surface area contributed by atoms with Gasteiger partial charge >= 0.3 is 5.97 Å². The number of carbonyl (C=O) groups excluding carboxylic acids is 1. The predicted molar refractivity (Wildman–Crippen MR) is 53.2 cm³/mol. The molecule has 0 atom stereocenters. The van der Waals surface area contributed by atoms with Crippen molar-refractivity contribution in [3.05, 3.63) is 23.4 Å². The molecule has 0 aliphatic carbocycles. The third-order valence-corrected chi connectivity index (χ3v) is 1.52. The van der Waals surface area contributed by atoms with Crippen molar-refractivity contribution in [1.29, 1.82) is 0 Å². The Morgan fingerprint density at radius 2 is 1.92 bits per heavy atom. The summed E-state index contributed by atoms with van der Waals surface area (Å²) in [6, 6.07) is 0. The van der Waals surface area contributed by atoms with Gasteiger partial charge in [-0.3, -0.25) is 4.79 Å². The number of nitrogens with one attached hydrogen (secondary N) is 1. The summed E-state index contributed by atoms with van der Waals surface area (Å²) >= 11 is 0. The van der Waals surface area contributed by atoms with Crippen LogP contribution >= 0.6 is 0 Å². The lowest BCUT2D eigenvalue weighted by molar-refractivity contribution is -0.139. The monoisotopic (exact) mass is 183 g/mol. The molecule has 0 saturated heterocycles. The summed E-state index contributed by atoms with van der Waals surface area (Å²) in [6.45, 7) is 5.66. The number of rotatable bonds is 4. The summed E-state index contributed by atoms with van der Waals surface area (Å²) in [5.41, 5.74) is 2.09. The second kappa shape index (κ2) is 6.29.